The number of ether oxygens (including phenoxy) is 2. The van der Waals surface area contributed by atoms with Gasteiger partial charge in [0, 0.05) is 38.6 Å². The lowest BCUT2D eigenvalue weighted by atomic mass is 9.97. The number of benzene rings is 1. The Balaban J connectivity index is 0.00000182. The van der Waals surface area contributed by atoms with E-state index in [1.165, 1.54) is 12.1 Å². The SMILES string of the molecule is Cl.Cl.O=[N+]([O-])c1cc2c(cc1[C@@H](CCC(F)(F)F)N1CCNCC1)OCO2. The molecule has 0 saturated carbocycles. The van der Waals surface area contributed by atoms with Crippen LogP contribution in [0.5, 0.6) is 11.5 Å². The molecule has 2 heterocycles. The number of nitro benzene ring substituents is 1. The molecule has 1 atom stereocenters. The second-order valence-electron chi connectivity index (χ2n) is 5.98. The summed E-state index contributed by atoms with van der Waals surface area (Å²) < 4.78 is 48.7. The smallest absolute Gasteiger partial charge is 0.389 e. The van der Waals surface area contributed by atoms with Crippen molar-refractivity contribution < 1.29 is 27.6 Å². The number of nitro groups is 1. The lowest BCUT2D eigenvalue weighted by Crippen LogP contribution is -2.45. The molecule has 0 aliphatic carbocycles. The Bertz CT molecular complexity index is 658. The summed E-state index contributed by atoms with van der Waals surface area (Å²) in [7, 11) is 0. The van der Waals surface area contributed by atoms with Gasteiger partial charge in [0.2, 0.25) is 6.79 Å². The number of hydrogen-bond donors (Lipinski definition) is 1. The van der Waals surface area contributed by atoms with E-state index in [0.29, 0.717) is 31.9 Å². The molecule has 1 saturated heterocycles. The van der Waals surface area contributed by atoms with E-state index in [1.807, 2.05) is 4.90 Å². The first kappa shape index (κ1) is 23.5. The summed E-state index contributed by atoms with van der Waals surface area (Å²) in [6.07, 6.45) is -5.57. The van der Waals surface area contributed by atoms with Crippen molar-refractivity contribution in [3.8, 4) is 11.5 Å². The molecule has 27 heavy (non-hydrogen) atoms. The average Bonchev–Trinajstić information content (AvgIpc) is 3.01. The van der Waals surface area contributed by atoms with Crippen LogP contribution in [0.15, 0.2) is 12.1 Å². The fourth-order valence-electron chi connectivity index (χ4n) is 3.20. The summed E-state index contributed by atoms with van der Waals surface area (Å²) in [6.45, 7) is 2.24. The van der Waals surface area contributed by atoms with E-state index < -0.39 is 23.6 Å². The number of alkyl halides is 3. The maximum atomic E-state index is 12.8. The van der Waals surface area contributed by atoms with Crippen LogP contribution in [0.25, 0.3) is 0 Å². The van der Waals surface area contributed by atoms with Crippen LogP contribution in [-0.4, -0.2) is 49.0 Å². The first-order valence-electron chi connectivity index (χ1n) is 7.94. The molecule has 1 aromatic rings. The van der Waals surface area contributed by atoms with E-state index in [4.69, 9.17) is 9.47 Å². The van der Waals surface area contributed by atoms with Crippen molar-refractivity contribution in [2.24, 2.45) is 0 Å². The Morgan fingerprint density at radius 2 is 1.78 bits per heavy atom. The molecule has 1 aromatic carbocycles. The first-order chi connectivity index (χ1) is 11.8. The van der Waals surface area contributed by atoms with E-state index in [0.717, 1.165) is 0 Å². The van der Waals surface area contributed by atoms with Crippen LogP contribution in [0.3, 0.4) is 0 Å². The Kier molecular flexibility index (Phi) is 8.40. The Hall–Kier alpha value is -1.49. The van der Waals surface area contributed by atoms with Gasteiger partial charge < -0.3 is 14.8 Å². The van der Waals surface area contributed by atoms with Crippen LogP contribution < -0.4 is 14.8 Å². The van der Waals surface area contributed by atoms with Crippen LogP contribution in [0, 0.1) is 10.1 Å². The topological polar surface area (TPSA) is 76.9 Å². The Labute approximate surface area is 166 Å². The molecule has 7 nitrogen and oxygen atoms in total. The molecule has 0 spiro atoms. The van der Waals surface area contributed by atoms with Crippen molar-refractivity contribution in [1.82, 2.24) is 10.2 Å². The van der Waals surface area contributed by atoms with Crippen LogP contribution in [-0.2, 0) is 0 Å². The quantitative estimate of drug-likeness (QED) is 0.565. The maximum absolute atomic E-state index is 12.8. The zero-order valence-electron chi connectivity index (χ0n) is 14.2. The van der Waals surface area contributed by atoms with Crippen molar-refractivity contribution in [3.63, 3.8) is 0 Å². The zero-order valence-corrected chi connectivity index (χ0v) is 15.8. The lowest BCUT2D eigenvalue weighted by molar-refractivity contribution is -0.386. The molecule has 12 heteroatoms. The number of piperazine rings is 1. The molecule has 0 unspecified atom stereocenters. The van der Waals surface area contributed by atoms with E-state index in [-0.39, 0.29) is 55.0 Å². The fraction of sp³-hybridized carbons (Fsp3) is 0.600. The molecular weight excluding hydrogens is 414 g/mol. The maximum Gasteiger partial charge on any atom is 0.389 e. The summed E-state index contributed by atoms with van der Waals surface area (Å²) in [6, 6.07) is 1.97. The number of fused-ring (bicyclic) bond motifs is 1. The highest BCUT2D eigenvalue weighted by atomic mass is 35.5. The summed E-state index contributed by atoms with van der Waals surface area (Å²) in [5, 5.41) is 14.6. The third-order valence-corrected chi connectivity index (χ3v) is 4.37. The molecule has 0 aromatic heterocycles. The molecule has 3 rings (SSSR count). The standard InChI is InChI=1S/C15H18F3N3O4.2ClH/c16-15(17,18)2-1-11(20-5-3-19-4-6-20)10-7-13-14(25-9-24-13)8-12(10)21(22)23;;/h7-8,11,19H,1-6,9H2;2*1H/t11-;;/m1../s1. The number of rotatable bonds is 5. The monoisotopic (exact) mass is 433 g/mol. The van der Waals surface area contributed by atoms with Crippen molar-refractivity contribution in [1.29, 1.82) is 0 Å². The third-order valence-electron chi connectivity index (χ3n) is 4.37. The van der Waals surface area contributed by atoms with Crippen LogP contribution in [0.4, 0.5) is 18.9 Å². The molecule has 2 aliphatic rings. The molecule has 0 radical (unpaired) electrons. The van der Waals surface area contributed by atoms with Gasteiger partial charge in [-0.05, 0) is 12.5 Å². The van der Waals surface area contributed by atoms with Crippen molar-refractivity contribution in [2.75, 3.05) is 33.0 Å². The van der Waals surface area contributed by atoms with E-state index in [1.54, 1.807) is 0 Å². The van der Waals surface area contributed by atoms with Gasteiger partial charge in [0.1, 0.15) is 0 Å². The second-order valence-corrected chi connectivity index (χ2v) is 5.98. The minimum atomic E-state index is -4.32. The van der Waals surface area contributed by atoms with Crippen molar-refractivity contribution >= 4 is 30.5 Å². The van der Waals surface area contributed by atoms with Gasteiger partial charge in [-0.25, -0.2) is 0 Å². The number of nitrogens with one attached hydrogen (secondary N) is 1. The number of nitrogens with zero attached hydrogens (tertiary/aromatic N) is 2. The molecule has 154 valence electrons. The summed E-state index contributed by atoms with van der Waals surface area (Å²) >= 11 is 0. The van der Waals surface area contributed by atoms with Crippen LogP contribution >= 0.6 is 24.8 Å². The van der Waals surface area contributed by atoms with Gasteiger partial charge in [0.15, 0.2) is 11.5 Å². The minimum Gasteiger partial charge on any atom is -0.454 e. The van der Waals surface area contributed by atoms with Gasteiger partial charge in [0.05, 0.1) is 16.6 Å². The van der Waals surface area contributed by atoms with Gasteiger partial charge in [0.25, 0.3) is 5.69 Å². The highest BCUT2D eigenvalue weighted by molar-refractivity contribution is 5.85. The van der Waals surface area contributed by atoms with Gasteiger partial charge >= 0.3 is 6.18 Å². The Morgan fingerprint density at radius 1 is 1.19 bits per heavy atom. The van der Waals surface area contributed by atoms with E-state index >= 15 is 0 Å². The zero-order chi connectivity index (χ0) is 18.0. The average molecular weight is 434 g/mol. The fourth-order valence-corrected chi connectivity index (χ4v) is 3.20. The van der Waals surface area contributed by atoms with Crippen LogP contribution in [0.1, 0.15) is 24.4 Å². The van der Waals surface area contributed by atoms with Crippen molar-refractivity contribution in [2.45, 2.75) is 25.1 Å². The first-order valence-corrected chi connectivity index (χ1v) is 7.94. The van der Waals surface area contributed by atoms with E-state index in [2.05, 4.69) is 5.32 Å². The Morgan fingerprint density at radius 3 is 2.33 bits per heavy atom. The van der Waals surface area contributed by atoms with E-state index in [9.17, 15) is 23.3 Å². The normalized spacial score (nSPS) is 17.6. The molecule has 1 N–H and O–H groups in total. The number of hydrogen-bond acceptors (Lipinski definition) is 6. The minimum absolute atomic E-state index is 0. The van der Waals surface area contributed by atoms with Crippen molar-refractivity contribution in [3.05, 3.63) is 27.8 Å². The predicted molar refractivity (Wildman–Crippen MR) is 96.2 cm³/mol. The molecule has 1 fully saturated rings. The largest absolute Gasteiger partial charge is 0.454 e. The number of halogens is 5. The highest BCUT2D eigenvalue weighted by Gasteiger charge is 2.35. The lowest BCUT2D eigenvalue weighted by Gasteiger charge is -2.35. The van der Waals surface area contributed by atoms with Gasteiger partial charge in [-0.15, -0.1) is 24.8 Å². The van der Waals surface area contributed by atoms with Gasteiger partial charge in [-0.1, -0.05) is 0 Å². The molecule has 2 aliphatic heterocycles. The summed E-state index contributed by atoms with van der Waals surface area (Å²) in [5.74, 6) is 0.568. The van der Waals surface area contributed by atoms with Gasteiger partial charge in [-0.2, -0.15) is 13.2 Å². The van der Waals surface area contributed by atoms with Crippen LogP contribution in [0.2, 0.25) is 0 Å². The predicted octanol–water partition coefficient (Wildman–Crippen LogP) is 3.46. The third kappa shape index (κ3) is 5.74. The molecule has 0 amide bonds. The molecular formula is C15H20Cl2F3N3O4. The second kappa shape index (κ2) is 9.63. The summed E-state index contributed by atoms with van der Waals surface area (Å²) in [5.41, 5.74) is -0.00430. The summed E-state index contributed by atoms with van der Waals surface area (Å²) in [4.78, 5) is 12.7. The van der Waals surface area contributed by atoms with Gasteiger partial charge in [-0.3, -0.25) is 15.0 Å². The molecule has 0 bridgehead atoms. The highest BCUT2D eigenvalue weighted by Crippen LogP contribution is 2.43.